The predicted molar refractivity (Wildman–Crippen MR) is 83.1 cm³/mol. The van der Waals surface area contributed by atoms with Gasteiger partial charge in [0, 0.05) is 17.7 Å². The van der Waals surface area contributed by atoms with Gasteiger partial charge in [-0.1, -0.05) is 34.1 Å². The van der Waals surface area contributed by atoms with Gasteiger partial charge in [0.1, 0.15) is 11.2 Å². The van der Waals surface area contributed by atoms with Gasteiger partial charge in [-0.05, 0) is 12.5 Å². The van der Waals surface area contributed by atoms with E-state index < -0.39 is 0 Å². The van der Waals surface area contributed by atoms with Crippen molar-refractivity contribution in [3.8, 4) is 11.5 Å². The van der Waals surface area contributed by atoms with E-state index in [4.69, 9.17) is 0 Å². The Morgan fingerprint density at radius 2 is 2.10 bits per heavy atom. The van der Waals surface area contributed by atoms with Gasteiger partial charge in [-0.15, -0.1) is 0 Å². The lowest BCUT2D eigenvalue weighted by molar-refractivity contribution is 0.567. The first kappa shape index (κ1) is 13.9. The van der Waals surface area contributed by atoms with Gasteiger partial charge >= 0.3 is 0 Å². The van der Waals surface area contributed by atoms with Crippen molar-refractivity contribution in [3.05, 3.63) is 18.0 Å². The van der Waals surface area contributed by atoms with Gasteiger partial charge in [-0.25, -0.2) is 9.67 Å². The molecule has 6 heteroatoms. The molecule has 2 N–H and O–H groups in total. The van der Waals surface area contributed by atoms with Gasteiger partial charge in [-0.2, -0.15) is 10.2 Å². The molecule has 0 aliphatic carbocycles. The van der Waals surface area contributed by atoms with Gasteiger partial charge in [0.25, 0.3) is 0 Å². The summed E-state index contributed by atoms with van der Waals surface area (Å²) in [6, 6.07) is 2.06. The molecule has 3 aromatic rings. The quantitative estimate of drug-likeness (QED) is 0.773. The molecule has 0 fully saturated rings. The molecule has 0 atom stereocenters. The van der Waals surface area contributed by atoms with Crippen LogP contribution in [-0.2, 0) is 12.0 Å². The van der Waals surface area contributed by atoms with Crippen LogP contribution in [0.4, 0.5) is 0 Å². The lowest BCUT2D eigenvalue weighted by Crippen LogP contribution is -2.11. The Morgan fingerprint density at radius 1 is 1.29 bits per heavy atom. The van der Waals surface area contributed by atoms with Crippen molar-refractivity contribution >= 4 is 11.2 Å². The fraction of sp³-hybridized carbons (Fsp3) is 0.533. The van der Waals surface area contributed by atoms with E-state index in [2.05, 4.69) is 59.0 Å². The first-order valence-electron chi connectivity index (χ1n) is 7.47. The number of hydrogen-bond acceptors (Lipinski definition) is 3. The zero-order chi connectivity index (χ0) is 15.0. The monoisotopic (exact) mass is 286 g/mol. The van der Waals surface area contributed by atoms with Gasteiger partial charge in [-0.3, -0.25) is 5.10 Å². The summed E-state index contributed by atoms with van der Waals surface area (Å²) in [5.41, 5.74) is 3.86. The highest BCUT2D eigenvalue weighted by atomic mass is 15.3. The Kier molecular flexibility index (Phi) is 3.31. The van der Waals surface area contributed by atoms with E-state index in [9.17, 15) is 0 Å². The topological polar surface area (TPSA) is 75.2 Å². The number of aryl methyl sites for hydroxylation is 1. The highest BCUT2D eigenvalue weighted by molar-refractivity contribution is 5.75. The second-order valence-corrected chi connectivity index (χ2v) is 6.46. The fourth-order valence-electron chi connectivity index (χ4n) is 2.27. The summed E-state index contributed by atoms with van der Waals surface area (Å²) in [4.78, 5) is 7.95. The lowest BCUT2D eigenvalue weighted by atomic mass is 9.92. The Labute approximate surface area is 124 Å². The SMILES string of the molecule is CCCCn1ncc2[nH]c(-c3cc(C(C)(C)C)[nH]n3)nc21. The third-order valence-electron chi connectivity index (χ3n) is 3.63. The number of fused-ring (bicyclic) bond motifs is 1. The van der Waals surface area contributed by atoms with E-state index in [0.29, 0.717) is 0 Å². The first-order chi connectivity index (χ1) is 9.99. The van der Waals surface area contributed by atoms with E-state index in [1.165, 1.54) is 0 Å². The Bertz CT molecular complexity index is 740. The van der Waals surface area contributed by atoms with Gasteiger partial charge in [0.05, 0.1) is 6.20 Å². The van der Waals surface area contributed by atoms with Gasteiger partial charge in [0.15, 0.2) is 11.5 Å². The number of aromatic nitrogens is 6. The zero-order valence-corrected chi connectivity index (χ0v) is 13.1. The van der Waals surface area contributed by atoms with Crippen LogP contribution >= 0.6 is 0 Å². The number of unbranched alkanes of at least 4 members (excludes halogenated alkanes) is 1. The normalized spacial score (nSPS) is 12.4. The third-order valence-corrected chi connectivity index (χ3v) is 3.63. The van der Waals surface area contributed by atoms with Crippen LogP contribution in [-0.4, -0.2) is 29.9 Å². The van der Waals surface area contributed by atoms with Gasteiger partial charge in [0.2, 0.25) is 0 Å². The van der Waals surface area contributed by atoms with E-state index in [-0.39, 0.29) is 5.41 Å². The summed E-state index contributed by atoms with van der Waals surface area (Å²) in [7, 11) is 0. The maximum absolute atomic E-state index is 4.65. The largest absolute Gasteiger partial charge is 0.334 e. The molecule has 0 amide bonds. The second kappa shape index (κ2) is 5.02. The summed E-state index contributed by atoms with van der Waals surface area (Å²) in [5.74, 6) is 0.791. The molecule has 6 nitrogen and oxygen atoms in total. The minimum atomic E-state index is 0.0508. The molecule has 0 saturated heterocycles. The smallest absolute Gasteiger partial charge is 0.176 e. The van der Waals surface area contributed by atoms with Crippen molar-refractivity contribution in [1.29, 1.82) is 0 Å². The number of hydrogen-bond donors (Lipinski definition) is 2. The van der Waals surface area contributed by atoms with E-state index in [1.807, 2.05) is 10.9 Å². The molecule has 0 radical (unpaired) electrons. The van der Waals surface area contributed by atoms with Crippen molar-refractivity contribution in [2.75, 3.05) is 0 Å². The molecule has 112 valence electrons. The summed E-state index contributed by atoms with van der Waals surface area (Å²) in [6.07, 6.45) is 4.08. The molecule has 0 bridgehead atoms. The van der Waals surface area contributed by atoms with E-state index in [1.54, 1.807) is 0 Å². The van der Waals surface area contributed by atoms with E-state index >= 15 is 0 Å². The molecular weight excluding hydrogens is 264 g/mol. The summed E-state index contributed by atoms with van der Waals surface area (Å²) >= 11 is 0. The molecule has 0 aliphatic rings. The molecule has 0 saturated carbocycles. The summed E-state index contributed by atoms with van der Waals surface area (Å²) in [6.45, 7) is 9.55. The van der Waals surface area contributed by atoms with E-state index in [0.717, 1.165) is 47.8 Å². The zero-order valence-electron chi connectivity index (χ0n) is 13.1. The first-order valence-corrected chi connectivity index (χ1v) is 7.47. The molecule has 3 aromatic heterocycles. The van der Waals surface area contributed by atoms with Crippen LogP contribution < -0.4 is 0 Å². The minimum Gasteiger partial charge on any atom is -0.334 e. The van der Waals surface area contributed by atoms with Crippen molar-refractivity contribution in [1.82, 2.24) is 29.9 Å². The number of nitrogens with one attached hydrogen (secondary N) is 2. The number of nitrogens with zero attached hydrogens (tertiary/aromatic N) is 4. The van der Waals surface area contributed by atoms with Crippen molar-refractivity contribution in [2.45, 2.75) is 52.5 Å². The molecule has 0 unspecified atom stereocenters. The number of rotatable bonds is 4. The number of aromatic amines is 2. The minimum absolute atomic E-state index is 0.0508. The molecule has 3 heterocycles. The van der Waals surface area contributed by atoms with Gasteiger partial charge < -0.3 is 4.98 Å². The average molecular weight is 286 g/mol. The van der Waals surface area contributed by atoms with Crippen molar-refractivity contribution < 1.29 is 0 Å². The fourth-order valence-corrected chi connectivity index (χ4v) is 2.27. The van der Waals surface area contributed by atoms with Crippen molar-refractivity contribution in [2.24, 2.45) is 0 Å². The third kappa shape index (κ3) is 2.57. The Balaban J connectivity index is 1.94. The molecule has 21 heavy (non-hydrogen) atoms. The van der Waals surface area contributed by atoms with Crippen LogP contribution in [0.3, 0.4) is 0 Å². The maximum atomic E-state index is 4.65. The lowest BCUT2D eigenvalue weighted by Gasteiger charge is -2.14. The highest BCUT2D eigenvalue weighted by Gasteiger charge is 2.19. The molecular formula is C15H22N6. The molecule has 0 aromatic carbocycles. The summed E-state index contributed by atoms with van der Waals surface area (Å²) in [5, 5.41) is 11.8. The van der Waals surface area contributed by atoms with Crippen LogP contribution in [0.15, 0.2) is 12.3 Å². The standard InChI is InChI=1S/C15H22N6/c1-5-6-7-21-14-11(9-16-21)17-13(18-14)10-8-12(20-19-10)15(2,3)4/h8-9H,5-7H2,1-4H3,(H,17,18)(H,19,20). The van der Waals surface area contributed by atoms with Crippen LogP contribution in [0.1, 0.15) is 46.2 Å². The van der Waals surface area contributed by atoms with Crippen LogP contribution in [0.25, 0.3) is 22.7 Å². The highest BCUT2D eigenvalue weighted by Crippen LogP contribution is 2.25. The Morgan fingerprint density at radius 3 is 2.76 bits per heavy atom. The molecule has 0 spiro atoms. The second-order valence-electron chi connectivity index (χ2n) is 6.46. The van der Waals surface area contributed by atoms with Crippen molar-refractivity contribution in [3.63, 3.8) is 0 Å². The van der Waals surface area contributed by atoms with Crippen LogP contribution in [0.2, 0.25) is 0 Å². The van der Waals surface area contributed by atoms with Crippen LogP contribution in [0, 0.1) is 0 Å². The maximum Gasteiger partial charge on any atom is 0.176 e. The van der Waals surface area contributed by atoms with Crippen LogP contribution in [0.5, 0.6) is 0 Å². The average Bonchev–Trinajstić information content (AvgIpc) is 3.10. The number of H-pyrrole nitrogens is 2. The summed E-state index contributed by atoms with van der Waals surface area (Å²) < 4.78 is 1.95. The number of imidazole rings is 1. The molecule has 0 aliphatic heterocycles. The molecule has 3 rings (SSSR count). The predicted octanol–water partition coefficient (Wildman–Crippen LogP) is 3.25. The Hall–Kier alpha value is -2.11.